The monoisotopic (exact) mass is 238 g/mol. The van der Waals surface area contributed by atoms with Gasteiger partial charge in [0.1, 0.15) is 5.82 Å². The van der Waals surface area contributed by atoms with Gasteiger partial charge in [-0.15, -0.1) is 0 Å². The molecule has 0 fully saturated rings. The van der Waals surface area contributed by atoms with Crippen LogP contribution < -0.4 is 5.73 Å². The highest BCUT2D eigenvalue weighted by Crippen LogP contribution is 2.24. The topological polar surface area (TPSA) is 67.6 Å². The molecular weight excluding hydrogens is 224 g/mol. The fourth-order valence-corrected chi connectivity index (χ4v) is 1.96. The Morgan fingerprint density at radius 2 is 1.94 bits per heavy atom. The maximum absolute atomic E-state index is 5.92. The van der Waals surface area contributed by atoms with Crippen molar-refractivity contribution in [1.82, 2.24) is 15.0 Å². The average Bonchev–Trinajstić information content (AvgIpc) is 2.78. The van der Waals surface area contributed by atoms with Gasteiger partial charge < -0.3 is 10.7 Å². The van der Waals surface area contributed by atoms with Crippen molar-refractivity contribution in [1.29, 1.82) is 0 Å². The molecule has 0 bridgehead atoms. The molecule has 2 aromatic heterocycles. The van der Waals surface area contributed by atoms with E-state index >= 15 is 0 Å². The van der Waals surface area contributed by atoms with Crippen molar-refractivity contribution < 1.29 is 0 Å². The first-order valence-corrected chi connectivity index (χ1v) is 5.83. The zero-order valence-electron chi connectivity index (χ0n) is 10.4. The van der Waals surface area contributed by atoms with E-state index in [0.29, 0.717) is 0 Å². The first-order chi connectivity index (χ1) is 8.65. The summed E-state index contributed by atoms with van der Waals surface area (Å²) in [6.07, 6.45) is 1.77. The molecule has 0 unspecified atom stereocenters. The minimum Gasteiger partial charge on any atom is -0.398 e. The molecule has 3 N–H and O–H groups in total. The Morgan fingerprint density at radius 3 is 2.67 bits per heavy atom. The second kappa shape index (κ2) is 3.84. The molecule has 3 rings (SSSR count). The van der Waals surface area contributed by atoms with Gasteiger partial charge in [0.15, 0.2) is 5.65 Å². The van der Waals surface area contributed by atoms with Crippen molar-refractivity contribution in [3.8, 4) is 11.4 Å². The maximum atomic E-state index is 5.92. The van der Waals surface area contributed by atoms with Crippen LogP contribution in [0.3, 0.4) is 0 Å². The summed E-state index contributed by atoms with van der Waals surface area (Å²) in [5.74, 6) is 0.804. The van der Waals surface area contributed by atoms with Crippen LogP contribution in [0.4, 0.5) is 5.69 Å². The van der Waals surface area contributed by atoms with Gasteiger partial charge in [-0.25, -0.2) is 9.97 Å². The predicted octanol–water partition coefficient (Wildman–Crippen LogP) is 2.82. The molecule has 0 spiro atoms. The average molecular weight is 238 g/mol. The molecule has 0 aliphatic carbocycles. The van der Waals surface area contributed by atoms with E-state index in [-0.39, 0.29) is 0 Å². The summed E-state index contributed by atoms with van der Waals surface area (Å²) >= 11 is 0. The first-order valence-electron chi connectivity index (χ1n) is 5.83. The number of aryl methyl sites for hydroxylation is 2. The third kappa shape index (κ3) is 1.62. The summed E-state index contributed by atoms with van der Waals surface area (Å²) in [6, 6.07) is 7.91. The number of H-pyrrole nitrogens is 1. The molecule has 4 nitrogen and oxygen atoms in total. The minimum atomic E-state index is 0.740. The van der Waals surface area contributed by atoms with Crippen molar-refractivity contribution in [3.63, 3.8) is 0 Å². The molecule has 3 aromatic rings. The number of hydrogen-bond donors (Lipinski definition) is 2. The maximum Gasteiger partial charge on any atom is 0.178 e. The Kier molecular flexibility index (Phi) is 2.30. The lowest BCUT2D eigenvalue weighted by Crippen LogP contribution is -1.90. The number of pyridine rings is 1. The zero-order chi connectivity index (χ0) is 12.7. The molecule has 0 radical (unpaired) electrons. The summed E-state index contributed by atoms with van der Waals surface area (Å²) in [5, 5.41) is 0. The molecular formula is C14H14N4. The van der Waals surface area contributed by atoms with Crippen LogP contribution in [0.2, 0.25) is 0 Å². The molecule has 90 valence electrons. The standard InChI is InChI=1S/C14H14N4/c1-8-3-4-10(7-11(8)15)13-17-12-9(2)5-6-16-14(12)18-13/h3-7H,15H2,1-2H3,(H,16,17,18). The van der Waals surface area contributed by atoms with E-state index in [0.717, 1.165) is 39.4 Å². The summed E-state index contributed by atoms with van der Waals surface area (Å²) in [6.45, 7) is 4.03. The van der Waals surface area contributed by atoms with E-state index < -0.39 is 0 Å². The van der Waals surface area contributed by atoms with Crippen LogP contribution >= 0.6 is 0 Å². The number of aromatic amines is 1. The Labute approximate surface area is 105 Å². The van der Waals surface area contributed by atoms with Gasteiger partial charge in [-0.1, -0.05) is 12.1 Å². The number of benzene rings is 1. The Balaban J connectivity index is 2.19. The highest BCUT2D eigenvalue weighted by molar-refractivity contribution is 5.79. The van der Waals surface area contributed by atoms with Gasteiger partial charge in [-0.05, 0) is 37.1 Å². The van der Waals surface area contributed by atoms with E-state index in [2.05, 4.69) is 15.0 Å². The van der Waals surface area contributed by atoms with Crippen molar-refractivity contribution >= 4 is 16.9 Å². The van der Waals surface area contributed by atoms with Crippen LogP contribution in [0.1, 0.15) is 11.1 Å². The molecule has 4 heteroatoms. The summed E-state index contributed by atoms with van der Waals surface area (Å²) in [7, 11) is 0. The number of aromatic nitrogens is 3. The molecule has 1 aromatic carbocycles. The van der Waals surface area contributed by atoms with Gasteiger partial charge in [-0.3, -0.25) is 0 Å². The Hall–Kier alpha value is -2.36. The van der Waals surface area contributed by atoms with Crippen molar-refractivity contribution in [2.75, 3.05) is 5.73 Å². The van der Waals surface area contributed by atoms with Crippen LogP contribution in [0, 0.1) is 13.8 Å². The molecule has 0 saturated carbocycles. The van der Waals surface area contributed by atoms with Gasteiger partial charge in [0, 0.05) is 17.4 Å². The van der Waals surface area contributed by atoms with E-state index in [1.807, 2.05) is 38.1 Å². The molecule has 0 saturated heterocycles. The number of rotatable bonds is 1. The van der Waals surface area contributed by atoms with Gasteiger partial charge in [0.25, 0.3) is 0 Å². The van der Waals surface area contributed by atoms with Crippen LogP contribution in [-0.4, -0.2) is 15.0 Å². The molecule has 18 heavy (non-hydrogen) atoms. The highest BCUT2D eigenvalue weighted by atomic mass is 15.0. The van der Waals surface area contributed by atoms with E-state index in [1.165, 1.54) is 0 Å². The molecule has 2 heterocycles. The van der Waals surface area contributed by atoms with Crippen molar-refractivity contribution in [2.24, 2.45) is 0 Å². The lowest BCUT2D eigenvalue weighted by molar-refractivity contribution is 1.30. The largest absolute Gasteiger partial charge is 0.398 e. The molecule has 0 aliphatic rings. The lowest BCUT2D eigenvalue weighted by Gasteiger charge is -2.01. The normalized spacial score (nSPS) is 11.0. The SMILES string of the molecule is Cc1ccc(-c2nc3nccc(C)c3[nH]2)cc1N. The number of nitrogen functional groups attached to an aromatic ring is 1. The van der Waals surface area contributed by atoms with E-state index in [9.17, 15) is 0 Å². The van der Waals surface area contributed by atoms with Gasteiger partial charge in [0.05, 0.1) is 5.52 Å². The third-order valence-corrected chi connectivity index (χ3v) is 3.15. The molecule has 0 amide bonds. The number of nitrogens with two attached hydrogens (primary N) is 1. The Morgan fingerprint density at radius 1 is 1.11 bits per heavy atom. The van der Waals surface area contributed by atoms with Crippen molar-refractivity contribution in [3.05, 3.63) is 41.6 Å². The van der Waals surface area contributed by atoms with Gasteiger partial charge in [0.2, 0.25) is 0 Å². The number of nitrogens with one attached hydrogen (secondary N) is 1. The zero-order valence-corrected chi connectivity index (χ0v) is 10.4. The predicted molar refractivity (Wildman–Crippen MR) is 73.2 cm³/mol. The van der Waals surface area contributed by atoms with Crippen LogP contribution in [-0.2, 0) is 0 Å². The number of nitrogens with zero attached hydrogens (tertiary/aromatic N) is 2. The summed E-state index contributed by atoms with van der Waals surface area (Å²) in [4.78, 5) is 12.0. The van der Waals surface area contributed by atoms with Crippen LogP contribution in [0.15, 0.2) is 30.5 Å². The second-order valence-electron chi connectivity index (χ2n) is 4.48. The van der Waals surface area contributed by atoms with Gasteiger partial charge in [-0.2, -0.15) is 0 Å². The third-order valence-electron chi connectivity index (χ3n) is 3.15. The smallest absolute Gasteiger partial charge is 0.178 e. The van der Waals surface area contributed by atoms with E-state index in [1.54, 1.807) is 6.20 Å². The summed E-state index contributed by atoms with van der Waals surface area (Å²) in [5.41, 5.74) is 11.6. The second-order valence-corrected chi connectivity index (χ2v) is 4.48. The fourth-order valence-electron chi connectivity index (χ4n) is 1.96. The number of hydrogen-bond acceptors (Lipinski definition) is 3. The summed E-state index contributed by atoms with van der Waals surface area (Å²) < 4.78 is 0. The molecule has 0 aliphatic heterocycles. The number of anilines is 1. The molecule has 0 atom stereocenters. The first kappa shape index (κ1) is 10.8. The van der Waals surface area contributed by atoms with Crippen LogP contribution in [0.25, 0.3) is 22.6 Å². The highest BCUT2D eigenvalue weighted by Gasteiger charge is 2.08. The number of imidazole rings is 1. The van der Waals surface area contributed by atoms with Gasteiger partial charge >= 0.3 is 0 Å². The minimum absolute atomic E-state index is 0.740. The van der Waals surface area contributed by atoms with E-state index in [4.69, 9.17) is 5.73 Å². The quantitative estimate of drug-likeness (QED) is 0.640. The Bertz CT molecular complexity index is 728. The lowest BCUT2D eigenvalue weighted by atomic mass is 10.1. The van der Waals surface area contributed by atoms with Crippen LogP contribution in [0.5, 0.6) is 0 Å². The van der Waals surface area contributed by atoms with Crippen molar-refractivity contribution in [2.45, 2.75) is 13.8 Å². The fraction of sp³-hybridized carbons (Fsp3) is 0.143. The number of fused-ring (bicyclic) bond motifs is 1.